The molecule has 0 N–H and O–H groups in total. The van der Waals surface area contributed by atoms with Gasteiger partial charge in [0.1, 0.15) is 0 Å². The lowest BCUT2D eigenvalue weighted by Crippen LogP contribution is -2.23. The molecule has 0 amide bonds. The zero-order valence-corrected chi connectivity index (χ0v) is 9.86. The average Bonchev–Trinajstić information content (AvgIpc) is 2.83. The number of methoxy groups -OCH3 is 1. The summed E-state index contributed by atoms with van der Waals surface area (Å²) in [6.07, 6.45) is 0.833. The van der Waals surface area contributed by atoms with Crippen LogP contribution in [-0.4, -0.2) is 19.9 Å². The topological polar surface area (TPSA) is 44.8 Å². The van der Waals surface area contributed by atoms with E-state index in [2.05, 4.69) is 6.92 Å². The third-order valence-electron chi connectivity index (χ3n) is 3.75. The van der Waals surface area contributed by atoms with Crippen LogP contribution in [0.25, 0.3) is 0 Å². The number of carbonyl (C=O) groups excluding carboxylic acids is 1. The fraction of sp³-hybridized carbons (Fsp3) is 0.462. The largest absolute Gasteiger partial charge is 0.468 e. The Kier molecular flexibility index (Phi) is 2.08. The first-order valence-corrected chi connectivity index (χ1v) is 5.67. The number of esters is 1. The van der Waals surface area contributed by atoms with Crippen LogP contribution in [0.3, 0.4) is 0 Å². The summed E-state index contributed by atoms with van der Waals surface area (Å²) in [5, 5.41) is 0. The molecule has 1 aliphatic heterocycles. The maximum atomic E-state index is 11.9. The number of hydrogen-bond donors (Lipinski definition) is 0. The van der Waals surface area contributed by atoms with Crippen molar-refractivity contribution >= 4 is 5.97 Å². The summed E-state index contributed by atoms with van der Waals surface area (Å²) in [5.41, 5.74) is 0.483. The van der Waals surface area contributed by atoms with Crippen LogP contribution >= 0.6 is 0 Å². The molecule has 1 saturated carbocycles. The Labute approximate surface area is 99.5 Å². The third-order valence-corrected chi connectivity index (χ3v) is 3.75. The maximum absolute atomic E-state index is 11.9. The minimum absolute atomic E-state index is 0.163. The van der Waals surface area contributed by atoms with Crippen LogP contribution in [0.15, 0.2) is 18.2 Å². The molecule has 0 saturated heterocycles. The number of carbonyl (C=O) groups is 1. The molecule has 0 spiro atoms. The summed E-state index contributed by atoms with van der Waals surface area (Å²) in [4.78, 5) is 11.9. The molecule has 17 heavy (non-hydrogen) atoms. The first kappa shape index (κ1) is 10.4. The van der Waals surface area contributed by atoms with Crippen molar-refractivity contribution in [3.8, 4) is 11.5 Å². The fourth-order valence-electron chi connectivity index (χ4n) is 2.58. The van der Waals surface area contributed by atoms with Gasteiger partial charge in [-0.3, -0.25) is 4.79 Å². The Morgan fingerprint density at radius 3 is 2.76 bits per heavy atom. The van der Waals surface area contributed by atoms with Gasteiger partial charge in [-0.25, -0.2) is 0 Å². The summed E-state index contributed by atoms with van der Waals surface area (Å²) in [7, 11) is 1.43. The summed E-state index contributed by atoms with van der Waals surface area (Å²) in [6.45, 7) is 2.31. The van der Waals surface area contributed by atoms with E-state index in [0.29, 0.717) is 11.7 Å². The van der Waals surface area contributed by atoms with Crippen LogP contribution in [0.4, 0.5) is 0 Å². The number of ether oxygens (including phenoxy) is 3. The van der Waals surface area contributed by atoms with Gasteiger partial charge in [0.05, 0.1) is 12.5 Å². The number of rotatable bonds is 2. The Bertz CT molecular complexity index is 482. The number of benzene rings is 1. The van der Waals surface area contributed by atoms with E-state index in [1.54, 1.807) is 0 Å². The Hall–Kier alpha value is -1.71. The molecule has 3 rings (SSSR count). The van der Waals surface area contributed by atoms with Gasteiger partial charge in [-0.2, -0.15) is 0 Å². The Morgan fingerprint density at radius 1 is 1.41 bits per heavy atom. The van der Waals surface area contributed by atoms with E-state index in [9.17, 15) is 4.79 Å². The second-order valence-electron chi connectivity index (χ2n) is 4.64. The predicted octanol–water partition coefficient (Wildman–Crippen LogP) is 1.87. The summed E-state index contributed by atoms with van der Waals surface area (Å²) < 4.78 is 15.5. The maximum Gasteiger partial charge on any atom is 0.316 e. The van der Waals surface area contributed by atoms with E-state index < -0.39 is 5.41 Å². The highest BCUT2D eigenvalue weighted by Gasteiger charge is 2.59. The molecule has 1 fully saturated rings. The molecule has 2 atom stereocenters. The van der Waals surface area contributed by atoms with Gasteiger partial charge in [0.15, 0.2) is 11.5 Å². The van der Waals surface area contributed by atoms with Gasteiger partial charge in [-0.1, -0.05) is 13.0 Å². The molecule has 0 bridgehead atoms. The lowest BCUT2D eigenvalue weighted by Gasteiger charge is -2.14. The highest BCUT2D eigenvalue weighted by atomic mass is 16.7. The molecular formula is C13H14O4. The van der Waals surface area contributed by atoms with Gasteiger partial charge in [0, 0.05) is 0 Å². The van der Waals surface area contributed by atoms with Crippen molar-refractivity contribution in [2.75, 3.05) is 13.9 Å². The van der Waals surface area contributed by atoms with Crippen molar-refractivity contribution in [2.24, 2.45) is 5.92 Å². The molecule has 0 radical (unpaired) electrons. The van der Waals surface area contributed by atoms with Crippen LogP contribution in [0.2, 0.25) is 0 Å². The molecule has 2 unspecified atom stereocenters. The van der Waals surface area contributed by atoms with Crippen molar-refractivity contribution < 1.29 is 19.0 Å². The monoisotopic (exact) mass is 234 g/mol. The normalized spacial score (nSPS) is 28.9. The summed E-state index contributed by atoms with van der Waals surface area (Å²) in [5.74, 6) is 1.60. The molecule has 0 aromatic heterocycles. The molecule has 4 nitrogen and oxygen atoms in total. The van der Waals surface area contributed by atoms with E-state index in [4.69, 9.17) is 14.2 Å². The number of hydrogen-bond acceptors (Lipinski definition) is 4. The van der Waals surface area contributed by atoms with Crippen LogP contribution < -0.4 is 9.47 Å². The van der Waals surface area contributed by atoms with Crippen LogP contribution in [0, 0.1) is 5.92 Å². The SMILES string of the molecule is COC(=O)C1(c2ccc3c(c2)OCO3)CC1C. The molecule has 1 aromatic carbocycles. The Morgan fingerprint density at radius 2 is 2.12 bits per heavy atom. The van der Waals surface area contributed by atoms with Crippen molar-refractivity contribution in [3.63, 3.8) is 0 Å². The van der Waals surface area contributed by atoms with E-state index in [1.807, 2.05) is 18.2 Å². The van der Waals surface area contributed by atoms with Gasteiger partial charge < -0.3 is 14.2 Å². The van der Waals surface area contributed by atoms with Gasteiger partial charge in [0.25, 0.3) is 0 Å². The van der Waals surface area contributed by atoms with Crippen LogP contribution in [-0.2, 0) is 14.9 Å². The van der Waals surface area contributed by atoms with Crippen molar-refractivity contribution in [2.45, 2.75) is 18.8 Å². The molecular weight excluding hydrogens is 220 g/mol. The predicted molar refractivity (Wildman–Crippen MR) is 60.0 cm³/mol. The molecule has 4 heteroatoms. The van der Waals surface area contributed by atoms with Crippen LogP contribution in [0.5, 0.6) is 11.5 Å². The number of fused-ring (bicyclic) bond motifs is 1. The van der Waals surface area contributed by atoms with E-state index in [1.165, 1.54) is 7.11 Å². The minimum atomic E-state index is -0.476. The summed E-state index contributed by atoms with van der Waals surface area (Å²) in [6, 6.07) is 5.67. The zero-order valence-electron chi connectivity index (χ0n) is 9.86. The zero-order chi connectivity index (χ0) is 12.0. The van der Waals surface area contributed by atoms with Crippen molar-refractivity contribution in [3.05, 3.63) is 23.8 Å². The molecule has 1 aromatic rings. The van der Waals surface area contributed by atoms with E-state index in [-0.39, 0.29) is 12.8 Å². The quantitative estimate of drug-likeness (QED) is 0.733. The Balaban J connectivity index is 2.01. The van der Waals surface area contributed by atoms with Crippen LogP contribution in [0.1, 0.15) is 18.9 Å². The third kappa shape index (κ3) is 1.33. The van der Waals surface area contributed by atoms with Crippen molar-refractivity contribution in [1.29, 1.82) is 0 Å². The van der Waals surface area contributed by atoms with Crippen molar-refractivity contribution in [1.82, 2.24) is 0 Å². The molecule has 1 heterocycles. The highest BCUT2D eigenvalue weighted by molar-refractivity contribution is 5.87. The first-order chi connectivity index (χ1) is 8.18. The average molecular weight is 234 g/mol. The van der Waals surface area contributed by atoms with E-state index >= 15 is 0 Å². The second-order valence-corrected chi connectivity index (χ2v) is 4.64. The fourth-order valence-corrected chi connectivity index (χ4v) is 2.58. The molecule has 1 aliphatic carbocycles. The molecule has 2 aliphatic rings. The van der Waals surface area contributed by atoms with Gasteiger partial charge >= 0.3 is 5.97 Å². The van der Waals surface area contributed by atoms with Gasteiger partial charge in [-0.15, -0.1) is 0 Å². The summed E-state index contributed by atoms with van der Waals surface area (Å²) >= 11 is 0. The minimum Gasteiger partial charge on any atom is -0.468 e. The molecule has 90 valence electrons. The van der Waals surface area contributed by atoms with Gasteiger partial charge in [-0.05, 0) is 30.0 Å². The standard InChI is InChI=1S/C13H14O4/c1-8-6-13(8,12(14)15-2)9-3-4-10-11(5-9)17-7-16-10/h3-5,8H,6-7H2,1-2H3. The van der Waals surface area contributed by atoms with E-state index in [0.717, 1.165) is 17.7 Å². The first-order valence-electron chi connectivity index (χ1n) is 5.67. The smallest absolute Gasteiger partial charge is 0.316 e. The van der Waals surface area contributed by atoms with Gasteiger partial charge in [0.2, 0.25) is 6.79 Å². The lowest BCUT2D eigenvalue weighted by atomic mass is 9.93. The second kappa shape index (κ2) is 3.39. The highest BCUT2D eigenvalue weighted by Crippen LogP contribution is 2.56. The lowest BCUT2D eigenvalue weighted by molar-refractivity contribution is -0.144.